The second-order valence-electron chi connectivity index (χ2n) is 1.31. The first-order valence-corrected chi connectivity index (χ1v) is 3.82. The van der Waals surface area contributed by atoms with E-state index in [-0.39, 0.29) is 63.3 Å². The Labute approximate surface area is 103 Å². The smallest absolute Gasteiger partial charge is 1.00 e. The molecule has 0 aliphatic carbocycles. The van der Waals surface area contributed by atoms with E-state index in [1.165, 1.54) is 0 Å². The van der Waals surface area contributed by atoms with Crippen LogP contribution in [0.1, 0.15) is 0 Å². The van der Waals surface area contributed by atoms with Crippen molar-refractivity contribution in [3.05, 3.63) is 0 Å². The van der Waals surface area contributed by atoms with E-state index in [0.29, 0.717) is 0 Å². The van der Waals surface area contributed by atoms with Crippen molar-refractivity contribution < 1.29 is 43.4 Å². The van der Waals surface area contributed by atoms with Crippen LogP contribution in [-0.4, -0.2) is 53.8 Å². The normalized spacial score (nSPS) is 7.50. The van der Waals surface area contributed by atoms with Gasteiger partial charge in [-0.05, 0) is 6.04 Å². The number of ether oxygens (including phenoxy) is 2. The molecule has 0 atom stereocenters. The number of hydrogen-bond acceptors (Lipinski definition) is 2. The fraction of sp³-hybridized carbons (Fsp3) is 1.00. The minimum absolute atomic E-state index is 0. The molecule has 0 unspecified atom stereocenters. The fourth-order valence-corrected chi connectivity index (χ4v) is 1.10. The summed E-state index contributed by atoms with van der Waals surface area (Å²) in [5, 5.41) is 0. The minimum atomic E-state index is 0. The van der Waals surface area contributed by atoms with Gasteiger partial charge in [0.05, 0.1) is 0 Å². The van der Waals surface area contributed by atoms with Gasteiger partial charge < -0.3 is 43.4 Å². The first-order valence-electron chi connectivity index (χ1n) is 2.40. The van der Waals surface area contributed by atoms with E-state index in [2.05, 4.69) is 0 Å². The molecule has 0 N–H and O–H groups in total. The van der Waals surface area contributed by atoms with E-state index in [1.807, 2.05) is 0 Å². The van der Waals surface area contributed by atoms with Crippen LogP contribution in [0.15, 0.2) is 0 Å². The van der Waals surface area contributed by atoms with E-state index in [0.717, 1.165) is 16.3 Å². The summed E-state index contributed by atoms with van der Waals surface area (Å²) in [7, 11) is 4.46. The summed E-state index contributed by atoms with van der Waals surface area (Å²) in [6.45, 7) is 0. The summed E-state index contributed by atoms with van der Waals surface area (Å²) in [6, 6.07) is 1.05. The fourth-order valence-electron chi connectivity index (χ4n) is 0.430. The molecular weight excluding hydrogens is 292 g/mol. The third-order valence-corrected chi connectivity index (χ3v) is 1.53. The zero-order valence-electron chi connectivity index (χ0n) is 6.56. The molecule has 0 aromatic heterocycles. The number of methoxy groups -OCH3 is 2. The van der Waals surface area contributed by atoms with Crippen LogP contribution in [0, 0.1) is 0 Å². The number of hydrogen-bond donors (Lipinski definition) is 0. The minimum Gasteiger partial charge on any atom is -1.00 e. The average molecular weight is 304 g/mol. The maximum absolute atomic E-state index is 4.86. The van der Waals surface area contributed by atoms with Gasteiger partial charge in [-0.15, -0.1) is 0 Å². The summed E-state index contributed by atoms with van der Waals surface area (Å²) < 4.78 is 9.72. The van der Waals surface area contributed by atoms with E-state index in [1.54, 1.807) is 14.2 Å². The predicted molar refractivity (Wildman–Crippen MR) is 38.3 cm³/mol. The van der Waals surface area contributed by atoms with Crippen molar-refractivity contribution in [2.24, 2.45) is 0 Å². The Bertz CT molecular complexity index is 42.7. The molecule has 0 radical (unpaired) electrons. The van der Waals surface area contributed by atoms with Crippen LogP contribution in [0.4, 0.5) is 0 Å². The monoisotopic (exact) mass is 302 g/mol. The van der Waals surface area contributed by atoms with E-state index >= 15 is 0 Å². The van der Waals surface area contributed by atoms with Gasteiger partial charge in [-0.3, -0.25) is 0 Å². The molecule has 2 nitrogen and oxygen atoms in total. The van der Waals surface area contributed by atoms with E-state index < -0.39 is 0 Å². The molecule has 0 aromatic carbocycles. The molecule has 0 saturated carbocycles. The molecule has 0 aliphatic heterocycles. The molecule has 0 bridgehead atoms. The van der Waals surface area contributed by atoms with Crippen LogP contribution in [0.2, 0.25) is 6.04 Å². The first kappa shape index (κ1) is 22.6. The molecule has 0 amide bonds. The second kappa shape index (κ2) is 17.1. The van der Waals surface area contributed by atoms with Crippen molar-refractivity contribution in [3.63, 3.8) is 0 Å². The molecule has 0 aliphatic rings. The summed E-state index contributed by atoms with van der Waals surface area (Å²) in [4.78, 5) is 0. The first-order chi connectivity index (χ1) is 3.35. The molecular formula is C4H12Br2MgO2Si. The summed E-state index contributed by atoms with van der Waals surface area (Å²) in [5.41, 5.74) is 0. The van der Waals surface area contributed by atoms with Gasteiger partial charge >= 0.3 is 23.1 Å². The van der Waals surface area contributed by atoms with Gasteiger partial charge in [-0.1, -0.05) is 0 Å². The van der Waals surface area contributed by atoms with Gasteiger partial charge in [0.25, 0.3) is 0 Å². The molecule has 10 heavy (non-hydrogen) atoms. The van der Waals surface area contributed by atoms with Gasteiger partial charge in [0.2, 0.25) is 0 Å². The molecule has 0 rings (SSSR count). The third-order valence-electron chi connectivity index (χ3n) is 0.859. The van der Waals surface area contributed by atoms with Gasteiger partial charge in [0, 0.05) is 24.5 Å². The molecule has 0 heterocycles. The molecule has 0 aromatic rings. The van der Waals surface area contributed by atoms with E-state index in [4.69, 9.17) is 9.47 Å². The molecule has 6 heteroatoms. The van der Waals surface area contributed by atoms with Crippen LogP contribution in [0.25, 0.3) is 0 Å². The third kappa shape index (κ3) is 12.5. The Kier molecular flexibility index (Phi) is 38.7. The Morgan fingerprint density at radius 3 is 1.50 bits per heavy atom. The van der Waals surface area contributed by atoms with Gasteiger partial charge in [0.1, 0.15) is 0 Å². The number of halogens is 2. The van der Waals surface area contributed by atoms with Crippen LogP contribution < -0.4 is 34.0 Å². The van der Waals surface area contributed by atoms with Crippen molar-refractivity contribution in [1.82, 2.24) is 0 Å². The Hall–Kier alpha value is 1.86. The largest absolute Gasteiger partial charge is 2.00 e. The molecule has 0 fully saturated rings. The van der Waals surface area contributed by atoms with Gasteiger partial charge in [0.15, 0.2) is 6.29 Å². The van der Waals surface area contributed by atoms with Gasteiger partial charge in [-0.25, -0.2) is 0 Å². The average Bonchev–Trinajstić information content (AvgIpc) is 1.72. The Morgan fingerprint density at radius 1 is 1.20 bits per heavy atom. The Morgan fingerprint density at radius 2 is 1.50 bits per heavy atom. The SMILES string of the molecule is COC(C[SiH3])OC.[Br-].[Br-].[Mg+2]. The molecule has 0 saturated heterocycles. The summed E-state index contributed by atoms with van der Waals surface area (Å²) in [6.07, 6.45) is 0.0478. The van der Waals surface area contributed by atoms with Crippen LogP contribution in [-0.2, 0) is 9.47 Å². The zero-order chi connectivity index (χ0) is 5.70. The van der Waals surface area contributed by atoms with Crippen molar-refractivity contribution in [1.29, 1.82) is 0 Å². The van der Waals surface area contributed by atoms with E-state index in [9.17, 15) is 0 Å². The quantitative estimate of drug-likeness (QED) is 0.381. The maximum atomic E-state index is 4.86. The summed E-state index contributed by atoms with van der Waals surface area (Å²) >= 11 is 0. The zero-order valence-corrected chi connectivity index (χ0v) is 13.2. The van der Waals surface area contributed by atoms with Crippen LogP contribution in [0.5, 0.6) is 0 Å². The van der Waals surface area contributed by atoms with Crippen molar-refractivity contribution in [3.8, 4) is 0 Å². The summed E-state index contributed by atoms with van der Waals surface area (Å²) in [5.74, 6) is 0. The topological polar surface area (TPSA) is 18.5 Å². The van der Waals surface area contributed by atoms with Crippen molar-refractivity contribution in [2.75, 3.05) is 14.2 Å². The number of rotatable bonds is 3. The van der Waals surface area contributed by atoms with Crippen molar-refractivity contribution in [2.45, 2.75) is 12.3 Å². The van der Waals surface area contributed by atoms with Gasteiger partial charge in [-0.2, -0.15) is 0 Å². The Balaban J connectivity index is -0.0000000600. The van der Waals surface area contributed by atoms with Crippen molar-refractivity contribution >= 4 is 33.3 Å². The maximum Gasteiger partial charge on any atom is 2.00 e. The predicted octanol–water partition coefficient (Wildman–Crippen LogP) is -6.98. The van der Waals surface area contributed by atoms with Crippen LogP contribution >= 0.6 is 0 Å². The standard InChI is InChI=1S/C4H12O2Si.2BrH.Mg/c1-5-4(3-7)6-2;;;/h4H,3H2,1-2,7H3;2*1H;/q;;;+2/p-2. The molecule has 60 valence electrons. The van der Waals surface area contributed by atoms with Crippen LogP contribution in [0.3, 0.4) is 0 Å². The second-order valence-corrected chi connectivity index (χ2v) is 2.13. The molecule has 0 spiro atoms.